The Bertz CT molecular complexity index is 952. The van der Waals surface area contributed by atoms with Crippen LogP contribution in [0.1, 0.15) is 29.7 Å². The number of rotatable bonds is 3. The number of ether oxygens (including phenoxy) is 1. The van der Waals surface area contributed by atoms with Gasteiger partial charge in [0.05, 0.1) is 24.0 Å². The largest absolute Gasteiger partial charge is 0.495 e. The average Bonchev–Trinajstić information content (AvgIpc) is 2.61. The van der Waals surface area contributed by atoms with Gasteiger partial charge in [-0.05, 0) is 74.1 Å². The van der Waals surface area contributed by atoms with E-state index in [1.807, 2.05) is 18.2 Å². The van der Waals surface area contributed by atoms with Crippen LogP contribution in [0.3, 0.4) is 0 Å². The van der Waals surface area contributed by atoms with Gasteiger partial charge >= 0.3 is 0 Å². The predicted molar refractivity (Wildman–Crippen MR) is 104 cm³/mol. The Morgan fingerprint density at radius 1 is 1.08 bits per heavy atom. The lowest BCUT2D eigenvalue weighted by Crippen LogP contribution is -2.10. The fraction of sp³-hybridized carbons (Fsp3) is 0.286. The number of nitrogens with zero attached hydrogens (tertiary/aromatic N) is 1. The molecule has 0 atom stereocenters. The zero-order chi connectivity index (χ0) is 17.4. The van der Waals surface area contributed by atoms with E-state index >= 15 is 0 Å². The lowest BCUT2D eigenvalue weighted by atomic mass is 9.92. The van der Waals surface area contributed by atoms with E-state index in [1.165, 1.54) is 29.7 Å². The van der Waals surface area contributed by atoms with Crippen LogP contribution in [0.2, 0.25) is 5.02 Å². The Kier molecular flexibility index (Phi) is 4.26. The Morgan fingerprint density at radius 3 is 2.76 bits per heavy atom. The third kappa shape index (κ3) is 3.05. The molecule has 0 spiro atoms. The van der Waals surface area contributed by atoms with Crippen LogP contribution in [-0.2, 0) is 12.8 Å². The molecule has 0 radical (unpaired) electrons. The summed E-state index contributed by atoms with van der Waals surface area (Å²) in [6, 6.07) is 12.1. The molecule has 1 heterocycles. The number of aromatic nitrogens is 1. The molecule has 25 heavy (non-hydrogen) atoms. The number of pyridine rings is 1. The first-order chi connectivity index (χ1) is 12.2. The summed E-state index contributed by atoms with van der Waals surface area (Å²) in [5.41, 5.74) is 6.78. The van der Waals surface area contributed by atoms with Gasteiger partial charge in [-0.15, -0.1) is 0 Å². The van der Waals surface area contributed by atoms with Crippen LogP contribution in [-0.4, -0.2) is 12.1 Å². The Morgan fingerprint density at radius 2 is 1.92 bits per heavy atom. The van der Waals surface area contributed by atoms with Crippen LogP contribution in [0.5, 0.6) is 5.75 Å². The van der Waals surface area contributed by atoms with E-state index in [4.69, 9.17) is 21.3 Å². The molecule has 4 heteroatoms. The molecule has 3 nitrogen and oxygen atoms in total. The molecule has 1 aliphatic carbocycles. The lowest BCUT2D eigenvalue weighted by molar-refractivity contribution is 0.416. The van der Waals surface area contributed by atoms with Crippen molar-refractivity contribution in [1.29, 1.82) is 0 Å². The maximum absolute atomic E-state index is 6.20. The second-order valence-corrected chi connectivity index (χ2v) is 7.05. The quantitative estimate of drug-likeness (QED) is 0.644. The lowest BCUT2D eigenvalue weighted by Gasteiger charge is -2.22. The third-order valence-electron chi connectivity index (χ3n) is 4.84. The number of anilines is 2. The summed E-state index contributed by atoms with van der Waals surface area (Å²) < 4.78 is 5.55. The van der Waals surface area contributed by atoms with Gasteiger partial charge in [0.15, 0.2) is 0 Å². The normalized spacial score (nSPS) is 13.6. The standard InChI is InChI=1S/C21H21ClN2O/c1-13-7-10-20(25-2)19(11-13)24-21-15-5-3-4-6-17(15)23-18-12-14(22)8-9-16(18)21/h7-12H,3-6H2,1-2H3,(H,23,24). The highest BCUT2D eigenvalue weighted by Gasteiger charge is 2.19. The predicted octanol–water partition coefficient (Wildman–Crippen LogP) is 5.83. The molecule has 3 aromatic rings. The van der Waals surface area contributed by atoms with Crippen molar-refractivity contribution in [3.63, 3.8) is 0 Å². The van der Waals surface area contributed by atoms with E-state index in [2.05, 4.69) is 30.4 Å². The molecule has 0 amide bonds. The molecular weight excluding hydrogens is 332 g/mol. The summed E-state index contributed by atoms with van der Waals surface area (Å²) in [7, 11) is 1.70. The highest BCUT2D eigenvalue weighted by atomic mass is 35.5. The number of benzene rings is 2. The summed E-state index contributed by atoms with van der Waals surface area (Å²) >= 11 is 6.20. The summed E-state index contributed by atoms with van der Waals surface area (Å²) in [6.07, 6.45) is 4.47. The molecule has 2 aromatic carbocycles. The minimum absolute atomic E-state index is 0.717. The number of fused-ring (bicyclic) bond motifs is 2. The van der Waals surface area contributed by atoms with Crippen LogP contribution in [0, 0.1) is 6.92 Å². The van der Waals surface area contributed by atoms with Crippen molar-refractivity contribution in [2.45, 2.75) is 32.6 Å². The molecule has 4 rings (SSSR count). The first kappa shape index (κ1) is 16.2. The van der Waals surface area contributed by atoms with E-state index in [1.54, 1.807) is 7.11 Å². The SMILES string of the molecule is COc1ccc(C)cc1Nc1c2c(nc3cc(Cl)ccc13)CCCC2. The van der Waals surface area contributed by atoms with Gasteiger partial charge in [-0.1, -0.05) is 17.7 Å². The van der Waals surface area contributed by atoms with Crippen molar-refractivity contribution < 1.29 is 4.74 Å². The van der Waals surface area contributed by atoms with Gasteiger partial charge in [0.1, 0.15) is 5.75 Å². The van der Waals surface area contributed by atoms with Crippen molar-refractivity contribution in [3.8, 4) is 5.75 Å². The smallest absolute Gasteiger partial charge is 0.142 e. The molecule has 0 fully saturated rings. The first-order valence-corrected chi connectivity index (χ1v) is 9.06. The van der Waals surface area contributed by atoms with Crippen molar-refractivity contribution in [2.75, 3.05) is 12.4 Å². The molecule has 1 aromatic heterocycles. The molecule has 0 bridgehead atoms. The maximum Gasteiger partial charge on any atom is 0.142 e. The zero-order valence-corrected chi connectivity index (χ0v) is 15.3. The number of methoxy groups -OCH3 is 1. The maximum atomic E-state index is 6.20. The molecule has 0 saturated carbocycles. The molecule has 0 saturated heterocycles. The Hall–Kier alpha value is -2.26. The van der Waals surface area contributed by atoms with E-state index in [9.17, 15) is 0 Å². The number of hydrogen-bond donors (Lipinski definition) is 1. The van der Waals surface area contributed by atoms with Gasteiger partial charge in [-0.3, -0.25) is 4.98 Å². The second-order valence-electron chi connectivity index (χ2n) is 6.61. The number of hydrogen-bond acceptors (Lipinski definition) is 3. The van der Waals surface area contributed by atoms with E-state index < -0.39 is 0 Å². The van der Waals surface area contributed by atoms with Crippen LogP contribution < -0.4 is 10.1 Å². The number of nitrogens with one attached hydrogen (secondary N) is 1. The van der Waals surface area contributed by atoms with Gasteiger partial charge in [0.25, 0.3) is 0 Å². The monoisotopic (exact) mass is 352 g/mol. The van der Waals surface area contributed by atoms with Gasteiger partial charge in [0.2, 0.25) is 0 Å². The number of aryl methyl sites for hydroxylation is 2. The summed E-state index contributed by atoms with van der Waals surface area (Å²) in [4.78, 5) is 4.88. The molecule has 1 aliphatic rings. The van der Waals surface area contributed by atoms with E-state index in [-0.39, 0.29) is 0 Å². The molecule has 128 valence electrons. The second kappa shape index (κ2) is 6.57. The van der Waals surface area contributed by atoms with E-state index in [0.717, 1.165) is 45.9 Å². The van der Waals surface area contributed by atoms with Crippen molar-refractivity contribution in [3.05, 3.63) is 58.2 Å². The molecule has 1 N–H and O–H groups in total. The Balaban J connectivity index is 1.92. The van der Waals surface area contributed by atoms with Crippen molar-refractivity contribution >= 4 is 33.9 Å². The third-order valence-corrected chi connectivity index (χ3v) is 5.07. The highest BCUT2D eigenvalue weighted by molar-refractivity contribution is 6.31. The fourth-order valence-electron chi connectivity index (χ4n) is 3.60. The topological polar surface area (TPSA) is 34.1 Å². The molecule has 0 unspecified atom stereocenters. The molecular formula is C21H21ClN2O. The van der Waals surface area contributed by atoms with Gasteiger partial charge in [-0.2, -0.15) is 0 Å². The van der Waals surface area contributed by atoms with Gasteiger partial charge in [0, 0.05) is 16.1 Å². The fourth-order valence-corrected chi connectivity index (χ4v) is 3.76. The molecule has 0 aliphatic heterocycles. The Labute approximate surface area is 153 Å². The first-order valence-electron chi connectivity index (χ1n) is 8.68. The van der Waals surface area contributed by atoms with Gasteiger partial charge in [-0.25, -0.2) is 0 Å². The van der Waals surface area contributed by atoms with Crippen LogP contribution in [0.25, 0.3) is 10.9 Å². The van der Waals surface area contributed by atoms with Gasteiger partial charge < -0.3 is 10.1 Å². The zero-order valence-electron chi connectivity index (χ0n) is 14.5. The van der Waals surface area contributed by atoms with Crippen molar-refractivity contribution in [1.82, 2.24) is 4.98 Å². The minimum atomic E-state index is 0.717. The summed E-state index contributed by atoms with van der Waals surface area (Å²) in [6.45, 7) is 2.09. The van der Waals surface area contributed by atoms with Crippen molar-refractivity contribution in [2.24, 2.45) is 0 Å². The highest BCUT2D eigenvalue weighted by Crippen LogP contribution is 2.38. The number of halogens is 1. The van der Waals surface area contributed by atoms with Crippen LogP contribution >= 0.6 is 11.6 Å². The minimum Gasteiger partial charge on any atom is -0.495 e. The summed E-state index contributed by atoms with van der Waals surface area (Å²) in [5, 5.41) is 5.47. The van der Waals surface area contributed by atoms with Crippen LogP contribution in [0.4, 0.5) is 11.4 Å². The van der Waals surface area contributed by atoms with Crippen LogP contribution in [0.15, 0.2) is 36.4 Å². The average molecular weight is 353 g/mol. The van der Waals surface area contributed by atoms with E-state index in [0.29, 0.717) is 0 Å². The summed E-state index contributed by atoms with van der Waals surface area (Å²) in [5.74, 6) is 0.842.